The number of primary amides is 1. The molecule has 1 aliphatic carbocycles. The summed E-state index contributed by atoms with van der Waals surface area (Å²) in [6.45, 7) is 3.47. The summed E-state index contributed by atoms with van der Waals surface area (Å²) in [7, 11) is 0. The Balaban J connectivity index is 2.13. The predicted octanol–water partition coefficient (Wildman–Crippen LogP) is 1.02. The number of nitrogens with two attached hydrogens (primary N) is 1. The van der Waals surface area contributed by atoms with Crippen LogP contribution in [0.2, 0.25) is 0 Å². The Morgan fingerprint density at radius 3 is 2.72 bits per heavy atom. The van der Waals surface area contributed by atoms with E-state index in [4.69, 9.17) is 10.8 Å². The fourth-order valence-electron chi connectivity index (χ4n) is 2.79. The van der Waals surface area contributed by atoms with Crippen LogP contribution >= 0.6 is 0 Å². The van der Waals surface area contributed by atoms with Crippen LogP contribution in [0.25, 0.3) is 0 Å². The minimum Gasteiger partial charge on any atom is -0.394 e. The molecule has 0 unspecified atom stereocenters. The molecule has 2 rings (SSSR count). The Labute approximate surface area is 145 Å². The molecule has 1 aromatic heterocycles. The second-order valence-corrected chi connectivity index (χ2v) is 6.76. The van der Waals surface area contributed by atoms with Gasteiger partial charge in [0.1, 0.15) is 6.20 Å². The van der Waals surface area contributed by atoms with Crippen LogP contribution < -0.4 is 16.4 Å². The van der Waals surface area contributed by atoms with E-state index in [0.717, 1.165) is 6.20 Å². The highest BCUT2D eigenvalue weighted by Gasteiger charge is 2.36. The van der Waals surface area contributed by atoms with Gasteiger partial charge in [-0.3, -0.25) is 14.9 Å². The maximum absolute atomic E-state index is 11.5. The SMILES string of the molecule is C[C@@H](CO)Nc1ncc([N+](=O)[O-])c(N[C@H]2CC[C@](C)(C(N)=O)CC2)n1. The Bertz CT molecular complexity index is 645. The number of nitrogens with one attached hydrogen (secondary N) is 2. The summed E-state index contributed by atoms with van der Waals surface area (Å²) in [4.78, 5) is 30.3. The molecule has 10 nitrogen and oxygen atoms in total. The molecule has 25 heavy (non-hydrogen) atoms. The van der Waals surface area contributed by atoms with E-state index in [2.05, 4.69) is 20.6 Å². The molecular formula is C15H24N6O4. The predicted molar refractivity (Wildman–Crippen MR) is 92.0 cm³/mol. The van der Waals surface area contributed by atoms with Gasteiger partial charge in [0, 0.05) is 17.5 Å². The summed E-state index contributed by atoms with van der Waals surface area (Å²) in [6.07, 6.45) is 3.70. The number of hydrogen-bond donors (Lipinski definition) is 4. The number of rotatable bonds is 7. The summed E-state index contributed by atoms with van der Waals surface area (Å²) in [5, 5.41) is 26.3. The number of aliphatic hydroxyl groups is 1. The summed E-state index contributed by atoms with van der Waals surface area (Å²) in [5.41, 5.74) is 4.70. The van der Waals surface area contributed by atoms with Gasteiger partial charge in [-0.2, -0.15) is 4.98 Å². The molecule has 0 saturated heterocycles. The van der Waals surface area contributed by atoms with Crippen LogP contribution in [0, 0.1) is 15.5 Å². The Kier molecular flexibility index (Phi) is 5.73. The van der Waals surface area contributed by atoms with E-state index in [-0.39, 0.29) is 42.1 Å². The number of hydrogen-bond acceptors (Lipinski definition) is 8. The largest absolute Gasteiger partial charge is 0.394 e. The van der Waals surface area contributed by atoms with Gasteiger partial charge in [-0.1, -0.05) is 6.92 Å². The fraction of sp³-hybridized carbons (Fsp3) is 0.667. The van der Waals surface area contributed by atoms with Crippen molar-refractivity contribution in [1.82, 2.24) is 9.97 Å². The molecular weight excluding hydrogens is 328 g/mol. The minimum absolute atomic E-state index is 0.0378. The maximum atomic E-state index is 11.5. The van der Waals surface area contributed by atoms with Crippen LogP contribution in [0.3, 0.4) is 0 Å². The van der Waals surface area contributed by atoms with E-state index in [1.54, 1.807) is 6.92 Å². The molecule has 0 radical (unpaired) electrons. The average molecular weight is 352 g/mol. The summed E-state index contributed by atoms with van der Waals surface area (Å²) in [5.74, 6) is 0.0104. The molecule has 1 amide bonds. The summed E-state index contributed by atoms with van der Waals surface area (Å²) in [6, 6.07) is -0.315. The van der Waals surface area contributed by atoms with Gasteiger partial charge < -0.3 is 21.5 Å². The van der Waals surface area contributed by atoms with Gasteiger partial charge in [-0.25, -0.2) is 4.98 Å². The smallest absolute Gasteiger partial charge is 0.329 e. The first-order chi connectivity index (χ1) is 11.7. The average Bonchev–Trinajstić information content (AvgIpc) is 2.56. The second-order valence-electron chi connectivity index (χ2n) is 6.76. The lowest BCUT2D eigenvalue weighted by Gasteiger charge is -2.35. The van der Waals surface area contributed by atoms with Crippen LogP contribution in [0.1, 0.15) is 39.5 Å². The quantitative estimate of drug-likeness (QED) is 0.418. The summed E-state index contributed by atoms with van der Waals surface area (Å²) < 4.78 is 0. The highest BCUT2D eigenvalue weighted by molar-refractivity contribution is 5.80. The zero-order valence-corrected chi connectivity index (χ0v) is 14.4. The lowest BCUT2D eigenvalue weighted by molar-refractivity contribution is -0.384. The van der Waals surface area contributed by atoms with Crippen LogP contribution in [0.15, 0.2) is 6.20 Å². The molecule has 5 N–H and O–H groups in total. The van der Waals surface area contributed by atoms with Gasteiger partial charge >= 0.3 is 5.69 Å². The van der Waals surface area contributed by atoms with Gasteiger partial charge in [0.2, 0.25) is 17.7 Å². The normalized spacial score (nSPS) is 24.4. The lowest BCUT2D eigenvalue weighted by atomic mass is 9.73. The van der Waals surface area contributed by atoms with E-state index < -0.39 is 10.3 Å². The first kappa shape index (κ1) is 18.8. The standard InChI is InChI=1S/C15H24N6O4/c1-9(8-22)18-14-17-7-11(21(24)25)12(20-14)19-10-3-5-15(2,6-4-10)13(16)23/h7,9-10,22H,3-6,8H2,1-2H3,(H2,16,23)(H2,17,18,19,20)/t9-,10-,15-/m0/s1. The van der Waals surface area contributed by atoms with E-state index in [9.17, 15) is 14.9 Å². The number of nitro groups is 1. The van der Waals surface area contributed by atoms with E-state index in [0.29, 0.717) is 25.7 Å². The monoisotopic (exact) mass is 352 g/mol. The van der Waals surface area contributed by atoms with Crippen LogP contribution in [-0.4, -0.2) is 44.6 Å². The first-order valence-electron chi connectivity index (χ1n) is 8.20. The molecule has 0 spiro atoms. The van der Waals surface area contributed by atoms with Crippen molar-refractivity contribution in [3.05, 3.63) is 16.3 Å². The molecule has 0 aromatic carbocycles. The Morgan fingerprint density at radius 1 is 1.56 bits per heavy atom. The highest BCUT2D eigenvalue weighted by Crippen LogP contribution is 2.37. The van der Waals surface area contributed by atoms with Crippen molar-refractivity contribution < 1.29 is 14.8 Å². The number of nitrogens with zero attached hydrogens (tertiary/aromatic N) is 3. The molecule has 1 aliphatic rings. The molecule has 1 fully saturated rings. The zero-order chi connectivity index (χ0) is 18.6. The van der Waals surface area contributed by atoms with Crippen LogP contribution in [0.5, 0.6) is 0 Å². The van der Waals surface area contributed by atoms with Crippen molar-refractivity contribution in [1.29, 1.82) is 0 Å². The van der Waals surface area contributed by atoms with E-state index >= 15 is 0 Å². The Morgan fingerprint density at radius 2 is 2.20 bits per heavy atom. The maximum Gasteiger partial charge on any atom is 0.329 e. The minimum atomic E-state index is -0.544. The number of carbonyl (C=O) groups is 1. The first-order valence-corrected chi connectivity index (χ1v) is 8.20. The topological polar surface area (TPSA) is 156 Å². The van der Waals surface area contributed by atoms with Crippen molar-refractivity contribution in [2.45, 2.75) is 51.6 Å². The zero-order valence-electron chi connectivity index (χ0n) is 14.4. The second kappa shape index (κ2) is 7.60. The molecule has 1 heterocycles. The molecule has 0 aliphatic heterocycles. The van der Waals surface area contributed by atoms with Crippen molar-refractivity contribution in [2.75, 3.05) is 17.2 Å². The van der Waals surface area contributed by atoms with E-state index in [1.807, 2.05) is 6.92 Å². The van der Waals surface area contributed by atoms with Crippen molar-refractivity contribution in [3.8, 4) is 0 Å². The van der Waals surface area contributed by atoms with Gasteiger partial charge in [-0.05, 0) is 32.6 Å². The van der Waals surface area contributed by atoms with Gasteiger partial charge in [0.25, 0.3) is 0 Å². The molecule has 138 valence electrons. The number of amides is 1. The molecule has 0 bridgehead atoms. The lowest BCUT2D eigenvalue weighted by Crippen LogP contribution is -2.40. The van der Waals surface area contributed by atoms with Crippen molar-refractivity contribution in [3.63, 3.8) is 0 Å². The molecule has 1 aromatic rings. The van der Waals surface area contributed by atoms with Gasteiger partial charge in [0.05, 0.1) is 11.5 Å². The number of aromatic nitrogens is 2. The van der Waals surface area contributed by atoms with Crippen molar-refractivity contribution >= 4 is 23.4 Å². The fourth-order valence-corrected chi connectivity index (χ4v) is 2.79. The van der Waals surface area contributed by atoms with Crippen LogP contribution in [-0.2, 0) is 4.79 Å². The van der Waals surface area contributed by atoms with E-state index in [1.165, 1.54) is 0 Å². The number of aliphatic hydroxyl groups excluding tert-OH is 1. The van der Waals surface area contributed by atoms with Crippen molar-refractivity contribution in [2.24, 2.45) is 11.1 Å². The molecule has 10 heteroatoms. The molecule has 1 atom stereocenters. The van der Waals surface area contributed by atoms with Gasteiger partial charge in [-0.15, -0.1) is 0 Å². The van der Waals surface area contributed by atoms with Crippen LogP contribution in [0.4, 0.5) is 17.5 Å². The third kappa shape index (κ3) is 4.53. The number of carbonyl (C=O) groups excluding carboxylic acids is 1. The summed E-state index contributed by atoms with van der Waals surface area (Å²) >= 11 is 0. The third-order valence-corrected chi connectivity index (χ3v) is 4.64. The van der Waals surface area contributed by atoms with Gasteiger partial charge in [0.15, 0.2) is 0 Å². The number of anilines is 2. The third-order valence-electron chi connectivity index (χ3n) is 4.64. The Hall–Kier alpha value is -2.49. The molecule has 1 saturated carbocycles. The highest BCUT2D eigenvalue weighted by atomic mass is 16.6.